The second-order valence-corrected chi connectivity index (χ2v) is 18.1. The summed E-state index contributed by atoms with van der Waals surface area (Å²) in [6.45, 7) is 6.51. The van der Waals surface area contributed by atoms with Gasteiger partial charge in [0.1, 0.15) is 13.2 Å². The number of allylic oxidation sites excluding steroid dienone is 16. The first-order valence-electron chi connectivity index (χ1n) is 27.7. The highest BCUT2D eigenvalue weighted by atomic mass is 16.6. The van der Waals surface area contributed by atoms with Gasteiger partial charge in [-0.15, -0.1) is 0 Å². The van der Waals surface area contributed by atoms with E-state index in [1.54, 1.807) is 0 Å². The number of ether oxygens (including phenoxy) is 3. The third-order valence-corrected chi connectivity index (χ3v) is 11.6. The van der Waals surface area contributed by atoms with Crippen molar-refractivity contribution in [1.29, 1.82) is 0 Å². The lowest BCUT2D eigenvalue weighted by Crippen LogP contribution is -2.30. The van der Waals surface area contributed by atoms with Crippen LogP contribution in [0.5, 0.6) is 0 Å². The quantitative estimate of drug-likeness (QED) is 0.0262. The highest BCUT2D eigenvalue weighted by molar-refractivity contribution is 5.71. The van der Waals surface area contributed by atoms with Crippen LogP contribution < -0.4 is 0 Å². The SMILES string of the molecule is CCCCCC/C=C\C/C=C/C/C=C/C/C=C/CCCC(=O)OCC(COC(=O)CCC/C=C/C/C=C/C/C=C\C/C=C/CCCCCC)OC(=O)CCCCCCCCCCCCCCC. The first-order chi connectivity index (χ1) is 33.0. The van der Waals surface area contributed by atoms with Gasteiger partial charge < -0.3 is 14.2 Å². The topological polar surface area (TPSA) is 78.9 Å². The van der Waals surface area contributed by atoms with Gasteiger partial charge >= 0.3 is 17.9 Å². The minimum atomic E-state index is -0.820. The average molecular weight is 931 g/mol. The molecule has 382 valence electrons. The molecule has 0 aromatic rings. The average Bonchev–Trinajstić information content (AvgIpc) is 3.33. The summed E-state index contributed by atoms with van der Waals surface area (Å²) in [5.41, 5.74) is 0. The van der Waals surface area contributed by atoms with E-state index in [2.05, 4.69) is 118 Å². The molecule has 0 aliphatic carbocycles. The molecule has 0 heterocycles. The Morgan fingerprint density at radius 3 is 0.881 bits per heavy atom. The molecule has 0 rings (SSSR count). The normalized spacial score (nSPS) is 12.8. The van der Waals surface area contributed by atoms with Crippen LogP contribution in [0.1, 0.15) is 252 Å². The Morgan fingerprint density at radius 2 is 0.552 bits per heavy atom. The summed E-state index contributed by atoms with van der Waals surface area (Å²) >= 11 is 0. The first-order valence-corrected chi connectivity index (χ1v) is 27.7. The summed E-state index contributed by atoms with van der Waals surface area (Å²) in [7, 11) is 0. The number of hydrogen-bond acceptors (Lipinski definition) is 6. The van der Waals surface area contributed by atoms with Crippen molar-refractivity contribution in [2.75, 3.05) is 13.2 Å². The molecule has 67 heavy (non-hydrogen) atoms. The lowest BCUT2D eigenvalue weighted by Gasteiger charge is -2.18. The van der Waals surface area contributed by atoms with Gasteiger partial charge in [0, 0.05) is 19.3 Å². The fraction of sp³-hybridized carbons (Fsp3) is 0.689. The van der Waals surface area contributed by atoms with Gasteiger partial charge in [0.15, 0.2) is 6.10 Å². The number of rotatable bonds is 49. The van der Waals surface area contributed by atoms with Gasteiger partial charge in [-0.2, -0.15) is 0 Å². The zero-order valence-electron chi connectivity index (χ0n) is 43.6. The van der Waals surface area contributed by atoms with Gasteiger partial charge in [0.2, 0.25) is 0 Å². The van der Waals surface area contributed by atoms with Gasteiger partial charge in [-0.25, -0.2) is 0 Å². The molecule has 0 saturated heterocycles. The van der Waals surface area contributed by atoms with Crippen LogP contribution in [-0.4, -0.2) is 37.2 Å². The number of carbonyl (C=O) groups excluding carboxylic acids is 3. The van der Waals surface area contributed by atoms with Crippen LogP contribution in [0.4, 0.5) is 0 Å². The van der Waals surface area contributed by atoms with Crippen LogP contribution in [0.15, 0.2) is 97.2 Å². The number of carbonyl (C=O) groups is 3. The van der Waals surface area contributed by atoms with Crippen molar-refractivity contribution < 1.29 is 28.6 Å². The largest absolute Gasteiger partial charge is 0.462 e. The summed E-state index contributed by atoms with van der Waals surface area (Å²) in [6, 6.07) is 0. The lowest BCUT2D eigenvalue weighted by molar-refractivity contribution is -0.167. The molecular formula is C61H102O6. The highest BCUT2D eigenvalue weighted by Crippen LogP contribution is 2.14. The maximum Gasteiger partial charge on any atom is 0.306 e. The van der Waals surface area contributed by atoms with E-state index in [0.717, 1.165) is 70.6 Å². The molecule has 0 saturated carbocycles. The molecule has 0 amide bonds. The predicted molar refractivity (Wildman–Crippen MR) is 288 cm³/mol. The van der Waals surface area contributed by atoms with E-state index in [1.165, 1.54) is 128 Å². The molecule has 1 atom stereocenters. The Balaban J connectivity index is 4.54. The maximum absolute atomic E-state index is 12.8. The lowest BCUT2D eigenvalue weighted by atomic mass is 10.0. The predicted octanol–water partition coefficient (Wildman–Crippen LogP) is 18.5. The van der Waals surface area contributed by atoms with Crippen molar-refractivity contribution in [2.45, 2.75) is 258 Å². The smallest absolute Gasteiger partial charge is 0.306 e. The van der Waals surface area contributed by atoms with Gasteiger partial charge in [-0.1, -0.05) is 234 Å². The molecule has 1 unspecified atom stereocenters. The second-order valence-electron chi connectivity index (χ2n) is 18.1. The van der Waals surface area contributed by atoms with E-state index in [0.29, 0.717) is 19.3 Å². The number of esters is 3. The fourth-order valence-corrected chi connectivity index (χ4v) is 7.37. The fourth-order valence-electron chi connectivity index (χ4n) is 7.37. The third kappa shape index (κ3) is 53.2. The Labute approximate surface area is 413 Å². The molecule has 0 aliphatic rings. The minimum absolute atomic E-state index is 0.122. The van der Waals surface area contributed by atoms with Crippen LogP contribution >= 0.6 is 0 Å². The van der Waals surface area contributed by atoms with Crippen molar-refractivity contribution >= 4 is 17.9 Å². The molecule has 0 aliphatic heterocycles. The molecule has 6 heteroatoms. The monoisotopic (exact) mass is 931 g/mol. The number of unbranched alkanes of at least 4 members (excludes halogenated alkanes) is 22. The zero-order chi connectivity index (χ0) is 48.6. The van der Waals surface area contributed by atoms with Crippen LogP contribution in [0.3, 0.4) is 0 Å². The van der Waals surface area contributed by atoms with Crippen LogP contribution in [0.2, 0.25) is 0 Å². The molecule has 0 spiro atoms. The summed E-state index contributed by atoms with van der Waals surface area (Å²) in [6.07, 6.45) is 72.6. The van der Waals surface area contributed by atoms with E-state index >= 15 is 0 Å². The van der Waals surface area contributed by atoms with Gasteiger partial charge in [0.25, 0.3) is 0 Å². The van der Waals surface area contributed by atoms with E-state index in [9.17, 15) is 14.4 Å². The van der Waals surface area contributed by atoms with Crippen molar-refractivity contribution in [1.82, 2.24) is 0 Å². The molecule has 6 nitrogen and oxygen atoms in total. The van der Waals surface area contributed by atoms with Crippen LogP contribution in [0.25, 0.3) is 0 Å². The molecule has 0 aromatic carbocycles. The van der Waals surface area contributed by atoms with Gasteiger partial charge in [-0.3, -0.25) is 14.4 Å². The Morgan fingerprint density at radius 1 is 0.299 bits per heavy atom. The Hall–Kier alpha value is -3.67. The van der Waals surface area contributed by atoms with Gasteiger partial charge in [-0.05, 0) is 96.3 Å². The van der Waals surface area contributed by atoms with E-state index in [4.69, 9.17) is 14.2 Å². The Bertz CT molecular complexity index is 1270. The zero-order valence-corrected chi connectivity index (χ0v) is 43.6. The summed E-state index contributed by atoms with van der Waals surface area (Å²) in [4.78, 5) is 38.0. The first kappa shape index (κ1) is 63.3. The molecule has 0 N–H and O–H groups in total. The standard InChI is InChI=1S/C61H102O6/c1-4-7-10-13-16-19-22-25-27-29-31-33-36-38-41-44-47-50-53-59(62)65-56-58(67-61(64)55-52-49-46-43-40-35-24-21-18-15-12-9-6-3)57-66-60(63)54-51-48-45-42-39-37-34-32-30-28-26-23-20-17-14-11-8-5-2/h19-20,22-23,27-30,33-34,36-37,41-42,44-45,58H,4-18,21,24-26,31-32,35,38-40,43,46-57H2,1-3H3/b22-19-,23-20+,29-27+,30-28-,36-33+,37-34+,44-41+,45-42+. The van der Waals surface area contributed by atoms with Crippen molar-refractivity contribution in [3.05, 3.63) is 97.2 Å². The second kappa shape index (κ2) is 54.9. The number of hydrogen-bond donors (Lipinski definition) is 0. The van der Waals surface area contributed by atoms with E-state index < -0.39 is 6.10 Å². The molecular weight excluding hydrogens is 829 g/mol. The molecule has 0 aromatic heterocycles. The molecule has 0 bridgehead atoms. The van der Waals surface area contributed by atoms with Gasteiger partial charge in [0.05, 0.1) is 0 Å². The van der Waals surface area contributed by atoms with E-state index in [-0.39, 0.29) is 44.0 Å². The third-order valence-electron chi connectivity index (χ3n) is 11.6. The van der Waals surface area contributed by atoms with Crippen LogP contribution in [-0.2, 0) is 28.6 Å². The maximum atomic E-state index is 12.8. The van der Waals surface area contributed by atoms with E-state index in [1.807, 2.05) is 0 Å². The van der Waals surface area contributed by atoms with Crippen molar-refractivity contribution in [2.24, 2.45) is 0 Å². The summed E-state index contributed by atoms with van der Waals surface area (Å²) < 4.78 is 16.7. The molecule has 0 radical (unpaired) electrons. The molecule has 0 fully saturated rings. The minimum Gasteiger partial charge on any atom is -0.462 e. The highest BCUT2D eigenvalue weighted by Gasteiger charge is 2.19. The van der Waals surface area contributed by atoms with Crippen molar-refractivity contribution in [3.8, 4) is 0 Å². The van der Waals surface area contributed by atoms with Crippen molar-refractivity contribution in [3.63, 3.8) is 0 Å². The Kier molecular flexibility index (Phi) is 51.9. The summed E-state index contributed by atoms with van der Waals surface area (Å²) in [5, 5.41) is 0. The van der Waals surface area contributed by atoms with Crippen LogP contribution in [0, 0.1) is 0 Å². The summed E-state index contributed by atoms with van der Waals surface area (Å²) in [5.74, 6) is -1.03.